The molecule has 0 aromatic heterocycles. The summed E-state index contributed by atoms with van der Waals surface area (Å²) in [5, 5.41) is 3.07. The number of anilines is 1. The molecule has 162 valence electrons. The number of carbonyl (C=O) groups excluding carboxylic acids is 1. The lowest BCUT2D eigenvalue weighted by atomic mass is 10.1. The van der Waals surface area contributed by atoms with Crippen LogP contribution in [0.5, 0.6) is 11.5 Å². The van der Waals surface area contributed by atoms with Crippen LogP contribution in [0, 0.1) is 13.8 Å². The summed E-state index contributed by atoms with van der Waals surface area (Å²) in [5.74, 6) is 2.44. The van der Waals surface area contributed by atoms with Crippen molar-refractivity contribution in [3.63, 3.8) is 0 Å². The lowest BCUT2D eigenvalue weighted by Crippen LogP contribution is -2.51. The van der Waals surface area contributed by atoms with Crippen LogP contribution in [0.2, 0.25) is 0 Å². The molecule has 0 unspecified atom stereocenters. The van der Waals surface area contributed by atoms with E-state index < -0.39 is 0 Å². The molecular formula is C26H26N4O2. The van der Waals surface area contributed by atoms with Crippen molar-refractivity contribution < 1.29 is 9.53 Å². The Hall–Kier alpha value is -3.80. The highest BCUT2D eigenvalue weighted by atomic mass is 16.5. The third-order valence-electron chi connectivity index (χ3n) is 6.15. The van der Waals surface area contributed by atoms with E-state index in [1.54, 1.807) is 0 Å². The van der Waals surface area contributed by atoms with Crippen LogP contribution in [-0.4, -0.2) is 47.8 Å². The number of urea groups is 1. The molecule has 6 nitrogen and oxygen atoms in total. The maximum atomic E-state index is 12.9. The number of benzene rings is 3. The number of hydrogen-bond donors (Lipinski definition) is 1. The maximum absolute atomic E-state index is 12.9. The Balaban J connectivity index is 1.34. The standard InChI is InChI=1S/C26H26N4O2/c1-18-8-7-11-21(19(18)2)28-26(31)30-16-14-29(15-17-30)25-20-9-3-5-12-23(20)32-24-13-6-4-10-22(24)27-25/h3-13H,14-17H2,1-2H3,(H,28,31). The third-order valence-corrected chi connectivity index (χ3v) is 6.15. The van der Waals surface area contributed by atoms with Crippen molar-refractivity contribution in [2.45, 2.75) is 13.8 Å². The summed E-state index contributed by atoms with van der Waals surface area (Å²) in [6, 6.07) is 21.7. The minimum absolute atomic E-state index is 0.0600. The number of ether oxygens (including phenoxy) is 1. The molecule has 0 atom stereocenters. The van der Waals surface area contributed by atoms with Crippen molar-refractivity contribution >= 4 is 23.2 Å². The summed E-state index contributed by atoms with van der Waals surface area (Å²) in [6.07, 6.45) is 0. The van der Waals surface area contributed by atoms with Gasteiger partial charge in [0.05, 0.1) is 5.56 Å². The van der Waals surface area contributed by atoms with Crippen LogP contribution >= 0.6 is 0 Å². The highest BCUT2D eigenvalue weighted by Crippen LogP contribution is 2.37. The van der Waals surface area contributed by atoms with E-state index in [9.17, 15) is 4.79 Å². The van der Waals surface area contributed by atoms with Gasteiger partial charge in [-0.3, -0.25) is 0 Å². The number of carbonyl (C=O) groups is 1. The molecule has 0 bridgehead atoms. The Labute approximate surface area is 188 Å². The van der Waals surface area contributed by atoms with Gasteiger partial charge >= 0.3 is 6.03 Å². The number of amides is 2. The van der Waals surface area contributed by atoms with E-state index in [4.69, 9.17) is 9.73 Å². The van der Waals surface area contributed by atoms with Crippen molar-refractivity contribution in [3.05, 3.63) is 83.4 Å². The number of nitrogens with zero attached hydrogens (tertiary/aromatic N) is 3. The topological polar surface area (TPSA) is 57.2 Å². The maximum Gasteiger partial charge on any atom is 0.321 e. The first kappa shape index (κ1) is 20.1. The van der Waals surface area contributed by atoms with Crippen LogP contribution in [0.3, 0.4) is 0 Å². The Morgan fingerprint density at radius 1 is 0.875 bits per heavy atom. The Bertz CT molecular complexity index is 1200. The molecule has 0 radical (unpaired) electrons. The van der Waals surface area contributed by atoms with Crippen molar-refractivity contribution in [2.24, 2.45) is 4.99 Å². The minimum Gasteiger partial charge on any atom is -0.454 e. The molecule has 3 aromatic carbocycles. The zero-order valence-electron chi connectivity index (χ0n) is 18.3. The molecule has 3 aromatic rings. The molecule has 0 saturated carbocycles. The SMILES string of the molecule is Cc1cccc(NC(=O)N2CCN(C3=Nc4ccccc4Oc4ccccc43)CC2)c1C. The number of aliphatic imine (C=N–C) groups is 1. The number of para-hydroxylation sites is 3. The van der Waals surface area contributed by atoms with Crippen LogP contribution in [0.4, 0.5) is 16.2 Å². The summed E-state index contributed by atoms with van der Waals surface area (Å²) in [7, 11) is 0. The predicted octanol–water partition coefficient (Wildman–Crippen LogP) is 5.34. The van der Waals surface area contributed by atoms with Gasteiger partial charge < -0.3 is 19.9 Å². The molecule has 5 rings (SSSR count). The molecule has 2 aliphatic heterocycles. The average Bonchev–Trinajstić information content (AvgIpc) is 2.99. The zero-order valence-corrected chi connectivity index (χ0v) is 18.3. The van der Waals surface area contributed by atoms with E-state index in [1.807, 2.05) is 72.5 Å². The normalized spacial score (nSPS) is 15.1. The number of hydrogen-bond acceptors (Lipinski definition) is 4. The van der Waals surface area contributed by atoms with Gasteiger partial charge in [-0.1, -0.05) is 36.4 Å². The Morgan fingerprint density at radius 3 is 2.41 bits per heavy atom. The summed E-state index contributed by atoms with van der Waals surface area (Å²) in [5.41, 5.74) is 4.92. The van der Waals surface area contributed by atoms with Crippen LogP contribution in [0.1, 0.15) is 16.7 Å². The second-order valence-corrected chi connectivity index (χ2v) is 8.15. The first-order valence-corrected chi connectivity index (χ1v) is 10.9. The summed E-state index contributed by atoms with van der Waals surface area (Å²) < 4.78 is 6.15. The van der Waals surface area contributed by atoms with E-state index in [1.165, 1.54) is 5.56 Å². The molecule has 2 aliphatic rings. The molecule has 1 N–H and O–H groups in total. The number of amidine groups is 1. The van der Waals surface area contributed by atoms with Crippen LogP contribution in [0.15, 0.2) is 71.7 Å². The molecule has 2 amide bonds. The van der Waals surface area contributed by atoms with Crippen LogP contribution in [0.25, 0.3) is 0 Å². The summed E-state index contributed by atoms with van der Waals surface area (Å²) >= 11 is 0. The van der Waals surface area contributed by atoms with E-state index in [0.717, 1.165) is 39.8 Å². The van der Waals surface area contributed by atoms with E-state index in [0.29, 0.717) is 26.2 Å². The molecular weight excluding hydrogens is 400 g/mol. The smallest absolute Gasteiger partial charge is 0.321 e. The van der Waals surface area contributed by atoms with Gasteiger partial charge in [0.2, 0.25) is 0 Å². The molecule has 0 spiro atoms. The van der Waals surface area contributed by atoms with Crippen LogP contribution < -0.4 is 10.1 Å². The number of nitrogens with one attached hydrogen (secondary N) is 1. The highest BCUT2D eigenvalue weighted by Gasteiger charge is 2.27. The van der Waals surface area contributed by atoms with Gasteiger partial charge in [0, 0.05) is 31.9 Å². The molecule has 32 heavy (non-hydrogen) atoms. The molecule has 1 saturated heterocycles. The van der Waals surface area contributed by atoms with Crippen molar-refractivity contribution in [1.29, 1.82) is 0 Å². The van der Waals surface area contributed by atoms with Crippen molar-refractivity contribution in [3.8, 4) is 11.5 Å². The van der Waals surface area contributed by atoms with E-state index >= 15 is 0 Å². The monoisotopic (exact) mass is 426 g/mol. The molecule has 1 fully saturated rings. The molecule has 2 heterocycles. The minimum atomic E-state index is -0.0600. The fraction of sp³-hybridized carbons (Fsp3) is 0.231. The second kappa shape index (κ2) is 8.38. The lowest BCUT2D eigenvalue weighted by molar-refractivity contribution is 0.181. The predicted molar refractivity (Wildman–Crippen MR) is 127 cm³/mol. The molecule has 0 aliphatic carbocycles. The van der Waals surface area contributed by atoms with Gasteiger partial charge in [0.25, 0.3) is 0 Å². The largest absolute Gasteiger partial charge is 0.454 e. The molecule has 6 heteroatoms. The quantitative estimate of drug-likeness (QED) is 0.572. The summed E-state index contributed by atoms with van der Waals surface area (Å²) in [6.45, 7) is 6.74. The fourth-order valence-corrected chi connectivity index (χ4v) is 4.11. The fourth-order valence-electron chi connectivity index (χ4n) is 4.11. The van der Waals surface area contributed by atoms with Crippen molar-refractivity contribution in [1.82, 2.24) is 9.80 Å². The zero-order chi connectivity index (χ0) is 22.1. The Morgan fingerprint density at radius 2 is 1.59 bits per heavy atom. The van der Waals surface area contributed by atoms with Gasteiger partial charge in [-0.15, -0.1) is 0 Å². The second-order valence-electron chi connectivity index (χ2n) is 8.15. The van der Waals surface area contributed by atoms with E-state index in [2.05, 4.69) is 23.2 Å². The number of fused-ring (bicyclic) bond motifs is 2. The number of aryl methyl sites for hydroxylation is 1. The number of rotatable bonds is 1. The van der Waals surface area contributed by atoms with Gasteiger partial charge in [-0.05, 0) is 55.3 Å². The van der Waals surface area contributed by atoms with Crippen molar-refractivity contribution in [2.75, 3.05) is 31.5 Å². The number of piperazine rings is 1. The third kappa shape index (κ3) is 3.80. The Kier molecular flexibility index (Phi) is 5.27. The lowest BCUT2D eigenvalue weighted by Gasteiger charge is -2.36. The average molecular weight is 427 g/mol. The first-order chi connectivity index (χ1) is 15.6. The van der Waals surface area contributed by atoms with Crippen LogP contribution in [-0.2, 0) is 0 Å². The summed E-state index contributed by atoms with van der Waals surface area (Å²) in [4.78, 5) is 21.9. The van der Waals surface area contributed by atoms with Gasteiger partial charge in [-0.25, -0.2) is 9.79 Å². The van der Waals surface area contributed by atoms with Gasteiger partial charge in [0.15, 0.2) is 5.75 Å². The highest BCUT2D eigenvalue weighted by molar-refractivity contribution is 6.04. The van der Waals surface area contributed by atoms with Gasteiger partial charge in [-0.2, -0.15) is 0 Å². The first-order valence-electron chi connectivity index (χ1n) is 10.9. The van der Waals surface area contributed by atoms with E-state index in [-0.39, 0.29) is 6.03 Å². The van der Waals surface area contributed by atoms with Gasteiger partial charge in [0.1, 0.15) is 17.3 Å².